The van der Waals surface area contributed by atoms with E-state index in [0.29, 0.717) is 0 Å². The molecule has 2 rings (SSSR count). The summed E-state index contributed by atoms with van der Waals surface area (Å²) < 4.78 is 0. The van der Waals surface area contributed by atoms with E-state index in [4.69, 9.17) is 0 Å². The van der Waals surface area contributed by atoms with E-state index < -0.39 is 0 Å². The zero-order valence-electron chi connectivity index (χ0n) is 14.3. The number of rotatable bonds is 0. The minimum atomic E-state index is 0.210. The van der Waals surface area contributed by atoms with Crippen LogP contribution in [0.5, 0.6) is 0 Å². The summed E-state index contributed by atoms with van der Waals surface area (Å²) in [7, 11) is 0. The van der Waals surface area contributed by atoms with Gasteiger partial charge >= 0.3 is 41.9 Å². The van der Waals surface area contributed by atoms with Crippen molar-refractivity contribution in [3.05, 3.63) is 57.6 Å². The first kappa shape index (κ1) is 19.8. The zero-order chi connectivity index (χ0) is 15.9. The third kappa shape index (κ3) is 8.87. The van der Waals surface area contributed by atoms with E-state index >= 15 is 0 Å². The van der Waals surface area contributed by atoms with Crippen LogP contribution >= 0.6 is 0 Å². The van der Waals surface area contributed by atoms with Crippen LogP contribution < -0.4 is 0 Å². The van der Waals surface area contributed by atoms with Crippen LogP contribution in [0.4, 0.5) is 0 Å². The Balaban J connectivity index is 0.000000289. The molecule has 0 N–H and O–H groups in total. The van der Waals surface area contributed by atoms with Crippen molar-refractivity contribution < 1.29 is 23.3 Å². The van der Waals surface area contributed by atoms with Gasteiger partial charge in [0.15, 0.2) is 0 Å². The molecular weight excluding hydrogens is 336 g/mol. The maximum absolute atomic E-state index is 2.31. The van der Waals surface area contributed by atoms with Gasteiger partial charge < -0.3 is 0 Å². The maximum Gasteiger partial charge on any atom is -0.0632 e. The second-order valence-corrected chi connectivity index (χ2v) is 15.2. The summed E-state index contributed by atoms with van der Waals surface area (Å²) in [4.78, 5) is 0. The van der Waals surface area contributed by atoms with Crippen molar-refractivity contribution in [2.45, 2.75) is 54.6 Å². The van der Waals surface area contributed by atoms with E-state index in [1.165, 1.54) is 33.4 Å². The Morgan fingerprint density at radius 2 is 1.00 bits per heavy atom. The summed E-state index contributed by atoms with van der Waals surface area (Å²) in [6, 6.07) is 8.81. The molecule has 2 heteroatoms. The molecule has 20 heavy (non-hydrogen) atoms. The molecule has 0 unspecified atom stereocenters. The Morgan fingerprint density at radius 1 is 0.750 bits per heavy atom. The molecule has 0 aliphatic heterocycles. The molecule has 0 aliphatic carbocycles. The molecule has 0 radical (unpaired) electrons. The molecule has 108 valence electrons. The quantitative estimate of drug-likeness (QED) is 0.431. The van der Waals surface area contributed by atoms with Gasteiger partial charge in [-0.15, -0.1) is 0 Å². The van der Waals surface area contributed by atoms with Crippen LogP contribution in [-0.2, 0) is 23.3 Å². The molecular formula is C18H28SiZr. The van der Waals surface area contributed by atoms with Crippen LogP contribution in [0.1, 0.15) is 33.4 Å². The molecule has 0 fully saturated rings. The number of aryl methyl sites for hydroxylation is 6. The van der Waals surface area contributed by atoms with Gasteiger partial charge in [0.2, 0.25) is 0 Å². The summed E-state index contributed by atoms with van der Waals surface area (Å²) in [5.41, 5.74) is 8.58. The van der Waals surface area contributed by atoms with Gasteiger partial charge in [-0.3, -0.25) is 0 Å². The molecule has 0 atom stereocenters. The van der Waals surface area contributed by atoms with Gasteiger partial charge in [-0.25, -0.2) is 12.1 Å². The van der Waals surface area contributed by atoms with Crippen LogP contribution in [0.25, 0.3) is 0 Å². The van der Waals surface area contributed by atoms with E-state index in [9.17, 15) is 0 Å². The topological polar surface area (TPSA) is 0 Å². The third-order valence-corrected chi connectivity index (χ3v) is 3.02. The molecule has 0 spiro atoms. The predicted octanol–water partition coefficient (Wildman–Crippen LogP) is 5.45. The Bertz CT molecular complexity index is 457. The molecule has 0 aromatic heterocycles. The largest absolute Gasteiger partial charge is 0.208 e. The van der Waals surface area contributed by atoms with E-state index in [1.54, 1.807) is 23.3 Å². The fraction of sp³-hybridized carbons (Fsp3) is 0.444. The van der Waals surface area contributed by atoms with Crippen LogP contribution in [0.3, 0.4) is 0 Å². The Morgan fingerprint density at radius 3 is 1.05 bits per heavy atom. The van der Waals surface area contributed by atoms with Crippen molar-refractivity contribution in [2.24, 2.45) is 0 Å². The third-order valence-electron chi connectivity index (χ3n) is 3.02. The van der Waals surface area contributed by atoms with Gasteiger partial charge in [-0.2, -0.15) is 45.5 Å². The molecule has 0 saturated carbocycles. The van der Waals surface area contributed by atoms with Crippen molar-refractivity contribution in [3.8, 4) is 0 Å². The van der Waals surface area contributed by atoms with Crippen molar-refractivity contribution in [1.82, 2.24) is 0 Å². The van der Waals surface area contributed by atoms with E-state index in [-0.39, 0.29) is 5.43 Å². The zero-order valence-corrected chi connectivity index (χ0v) is 17.8. The van der Waals surface area contributed by atoms with Gasteiger partial charge in [0.25, 0.3) is 0 Å². The predicted molar refractivity (Wildman–Crippen MR) is 90.0 cm³/mol. The maximum atomic E-state index is 2.31. The van der Waals surface area contributed by atoms with Gasteiger partial charge in [-0.1, -0.05) is 41.5 Å². The van der Waals surface area contributed by atoms with Crippen molar-refractivity contribution in [2.75, 3.05) is 0 Å². The summed E-state index contributed by atoms with van der Waals surface area (Å²) in [5.74, 6) is 0. The summed E-state index contributed by atoms with van der Waals surface area (Å²) in [5, 5.41) is 0. The first-order valence-corrected chi connectivity index (χ1v) is 13.2. The summed E-state index contributed by atoms with van der Waals surface area (Å²) in [6.07, 6.45) is 0. The second-order valence-electron chi connectivity index (χ2n) is 5.80. The smallest absolute Gasteiger partial charge is 0.0632 e. The Kier molecular flexibility index (Phi) is 9.59. The average molecular weight is 364 g/mol. The van der Waals surface area contributed by atoms with Crippen LogP contribution in [0.15, 0.2) is 24.3 Å². The second kappa shape index (κ2) is 9.68. The first-order valence-electron chi connectivity index (χ1n) is 7.06. The number of hydrogen-bond donors (Lipinski definition) is 0. The number of hydrogen-bond acceptors (Lipinski definition) is 0. The standard InChI is InChI=1S/2C8H11.C2H6Si.Zr/c2*1-6-4-7(2)8(3)5-6;1-3-2;/h2*4-5H,1-3H3;1-2H3;/q2*-1;;+2. The molecule has 0 amide bonds. The normalized spacial score (nSPS) is 9.30. The van der Waals surface area contributed by atoms with Crippen molar-refractivity contribution in [3.63, 3.8) is 0 Å². The molecule has 2 aromatic carbocycles. The molecule has 0 aliphatic rings. The molecule has 0 saturated heterocycles. The Hall–Kier alpha value is -0.200. The fourth-order valence-electron chi connectivity index (χ4n) is 1.90. The van der Waals surface area contributed by atoms with E-state index in [2.05, 4.69) is 78.9 Å². The van der Waals surface area contributed by atoms with Crippen LogP contribution in [0.2, 0.25) is 13.1 Å². The van der Waals surface area contributed by atoms with E-state index in [1.807, 2.05) is 0 Å². The van der Waals surface area contributed by atoms with Crippen LogP contribution in [0, 0.1) is 41.5 Å². The first-order chi connectivity index (χ1) is 9.13. The van der Waals surface area contributed by atoms with Crippen molar-refractivity contribution in [1.29, 1.82) is 0 Å². The average Bonchev–Trinajstić information content (AvgIpc) is 2.70. The summed E-state index contributed by atoms with van der Waals surface area (Å²) >= 11 is 1.74. The fourth-order valence-corrected chi connectivity index (χ4v) is 1.90. The van der Waals surface area contributed by atoms with Gasteiger partial charge in [-0.05, 0) is 0 Å². The Labute approximate surface area is 140 Å². The molecule has 0 heterocycles. The molecule has 0 nitrogen and oxygen atoms in total. The van der Waals surface area contributed by atoms with Gasteiger partial charge in [0, 0.05) is 0 Å². The monoisotopic (exact) mass is 362 g/mol. The van der Waals surface area contributed by atoms with Crippen molar-refractivity contribution >= 4 is 5.43 Å². The SMILES string of the molecule is C[Si](C)=[Zr+2].Cc1cc(C)c(C)[cH-]1.Cc1cc(C)c(C)[cH-]1. The molecule has 0 bridgehead atoms. The minimum absolute atomic E-state index is 0.210. The summed E-state index contributed by atoms with van der Waals surface area (Å²) in [6.45, 7) is 17.4. The molecule has 2 aromatic rings. The van der Waals surface area contributed by atoms with E-state index in [0.717, 1.165) is 0 Å². The van der Waals surface area contributed by atoms with Gasteiger partial charge in [0.1, 0.15) is 0 Å². The van der Waals surface area contributed by atoms with Gasteiger partial charge in [0.05, 0.1) is 0 Å². The minimum Gasteiger partial charge on any atom is -0.208 e. The van der Waals surface area contributed by atoms with Crippen LogP contribution in [-0.4, -0.2) is 5.43 Å².